The lowest BCUT2D eigenvalue weighted by molar-refractivity contribution is 0.103. The highest BCUT2D eigenvalue weighted by molar-refractivity contribution is 7.16. The predicted octanol–water partition coefficient (Wildman–Crippen LogP) is 4.77. The molecule has 0 saturated heterocycles. The molecule has 1 amide bonds. The van der Waals surface area contributed by atoms with Crippen molar-refractivity contribution in [3.63, 3.8) is 0 Å². The number of nitrogens with zero attached hydrogens (tertiary/aromatic N) is 2. The molecule has 0 unspecified atom stereocenters. The number of thiazole rings is 2. The first-order valence-electron chi connectivity index (χ1n) is 8.43. The fourth-order valence-electron chi connectivity index (χ4n) is 2.83. The van der Waals surface area contributed by atoms with E-state index in [1.54, 1.807) is 11.3 Å². The Kier molecular flexibility index (Phi) is 5.43. The molecule has 124 valence electrons. The second-order valence-electron chi connectivity index (χ2n) is 6.03. The molecule has 3 rings (SSSR count). The van der Waals surface area contributed by atoms with Crippen molar-refractivity contribution >= 4 is 33.7 Å². The van der Waals surface area contributed by atoms with Crippen LogP contribution in [0, 0.1) is 6.92 Å². The topological polar surface area (TPSA) is 54.9 Å². The summed E-state index contributed by atoms with van der Waals surface area (Å²) in [6.07, 6.45) is 9.09. The quantitative estimate of drug-likeness (QED) is 0.791. The van der Waals surface area contributed by atoms with Gasteiger partial charge < -0.3 is 0 Å². The van der Waals surface area contributed by atoms with Crippen LogP contribution in [-0.2, 0) is 19.3 Å². The van der Waals surface area contributed by atoms with Crippen molar-refractivity contribution in [2.75, 3.05) is 5.32 Å². The number of hydrogen-bond acceptors (Lipinski definition) is 5. The molecule has 23 heavy (non-hydrogen) atoms. The van der Waals surface area contributed by atoms with E-state index in [4.69, 9.17) is 0 Å². The minimum absolute atomic E-state index is 0.0633. The van der Waals surface area contributed by atoms with E-state index in [2.05, 4.69) is 22.2 Å². The van der Waals surface area contributed by atoms with Crippen molar-refractivity contribution in [1.82, 2.24) is 9.97 Å². The van der Waals surface area contributed by atoms with Crippen LogP contribution in [0.15, 0.2) is 0 Å². The van der Waals surface area contributed by atoms with Crippen molar-refractivity contribution in [2.24, 2.45) is 0 Å². The number of amides is 1. The lowest BCUT2D eigenvalue weighted by Gasteiger charge is -1.99. The van der Waals surface area contributed by atoms with Gasteiger partial charge in [0.2, 0.25) is 0 Å². The molecule has 2 aromatic rings. The third kappa shape index (κ3) is 3.98. The molecule has 0 aromatic carbocycles. The smallest absolute Gasteiger partial charge is 0.269 e. The van der Waals surface area contributed by atoms with Gasteiger partial charge in [-0.05, 0) is 45.4 Å². The molecular formula is C17H23N3OS2. The summed E-state index contributed by atoms with van der Waals surface area (Å²) >= 11 is 3.16. The van der Waals surface area contributed by atoms with Gasteiger partial charge in [-0.3, -0.25) is 10.1 Å². The minimum atomic E-state index is -0.0633. The fraction of sp³-hybridized carbons (Fsp3) is 0.588. The summed E-state index contributed by atoms with van der Waals surface area (Å²) in [4.78, 5) is 23.8. The van der Waals surface area contributed by atoms with E-state index >= 15 is 0 Å². The molecule has 1 N–H and O–H groups in total. The number of aromatic nitrogens is 2. The van der Waals surface area contributed by atoms with Crippen LogP contribution in [0.25, 0.3) is 0 Å². The Morgan fingerprint density at radius 2 is 2.00 bits per heavy atom. The lowest BCUT2D eigenvalue weighted by Crippen LogP contribution is -2.11. The van der Waals surface area contributed by atoms with Crippen LogP contribution >= 0.6 is 22.7 Å². The third-order valence-electron chi connectivity index (χ3n) is 4.11. The Morgan fingerprint density at radius 1 is 1.17 bits per heavy atom. The highest BCUT2D eigenvalue weighted by atomic mass is 32.1. The molecule has 1 aliphatic rings. The number of anilines is 1. The van der Waals surface area contributed by atoms with Gasteiger partial charge in [-0.15, -0.1) is 22.7 Å². The van der Waals surface area contributed by atoms with Crippen LogP contribution in [-0.4, -0.2) is 15.9 Å². The maximum Gasteiger partial charge on any atom is 0.269 e. The zero-order valence-corrected chi connectivity index (χ0v) is 15.4. The van der Waals surface area contributed by atoms with Crippen molar-refractivity contribution in [1.29, 1.82) is 0 Å². The van der Waals surface area contributed by atoms with Gasteiger partial charge in [0, 0.05) is 4.88 Å². The molecule has 0 atom stereocenters. The summed E-state index contributed by atoms with van der Waals surface area (Å²) in [7, 11) is 0. The van der Waals surface area contributed by atoms with E-state index in [9.17, 15) is 4.79 Å². The minimum Gasteiger partial charge on any atom is -0.297 e. The van der Waals surface area contributed by atoms with E-state index < -0.39 is 0 Å². The molecule has 0 aliphatic heterocycles. The van der Waals surface area contributed by atoms with Crippen LogP contribution in [0.1, 0.15) is 70.0 Å². The highest BCUT2D eigenvalue weighted by Gasteiger charge is 2.19. The zero-order chi connectivity index (χ0) is 16.2. The van der Waals surface area contributed by atoms with Gasteiger partial charge >= 0.3 is 0 Å². The largest absolute Gasteiger partial charge is 0.297 e. The molecule has 2 aromatic heterocycles. The first kappa shape index (κ1) is 16.6. The monoisotopic (exact) mass is 349 g/mol. The summed E-state index contributed by atoms with van der Waals surface area (Å²) in [5, 5.41) is 4.79. The number of nitrogens with one attached hydrogen (secondary N) is 1. The number of aryl methyl sites for hydroxylation is 4. The average Bonchev–Trinajstić information content (AvgIpc) is 3.01. The normalized spacial score (nSPS) is 14.3. The van der Waals surface area contributed by atoms with Crippen LogP contribution in [0.3, 0.4) is 0 Å². The molecule has 6 heteroatoms. The molecule has 0 saturated carbocycles. The summed E-state index contributed by atoms with van der Waals surface area (Å²) in [5.74, 6) is -0.0633. The summed E-state index contributed by atoms with van der Waals surface area (Å²) in [6.45, 7) is 4.08. The summed E-state index contributed by atoms with van der Waals surface area (Å²) < 4.78 is 0. The van der Waals surface area contributed by atoms with Crippen molar-refractivity contribution in [2.45, 2.75) is 65.2 Å². The van der Waals surface area contributed by atoms with Gasteiger partial charge in [-0.1, -0.05) is 19.8 Å². The van der Waals surface area contributed by atoms with Crippen LogP contribution in [0.2, 0.25) is 0 Å². The van der Waals surface area contributed by atoms with Crippen LogP contribution in [0.4, 0.5) is 5.13 Å². The third-order valence-corrected chi connectivity index (χ3v) is 6.40. The van der Waals surface area contributed by atoms with E-state index in [1.807, 2.05) is 6.92 Å². The number of carbonyl (C=O) groups is 1. The number of fused-ring (bicyclic) bond motifs is 1. The van der Waals surface area contributed by atoms with E-state index in [0.29, 0.717) is 0 Å². The van der Waals surface area contributed by atoms with E-state index in [0.717, 1.165) is 52.8 Å². The average molecular weight is 350 g/mol. The van der Waals surface area contributed by atoms with Crippen LogP contribution in [0.5, 0.6) is 0 Å². The Balaban J connectivity index is 1.70. The molecule has 1 aliphatic carbocycles. The van der Waals surface area contributed by atoms with Crippen molar-refractivity contribution < 1.29 is 4.79 Å². The summed E-state index contributed by atoms with van der Waals surface area (Å²) in [5.41, 5.74) is 2.02. The van der Waals surface area contributed by atoms with E-state index in [-0.39, 0.29) is 5.91 Å². The van der Waals surface area contributed by atoms with Gasteiger partial charge in [-0.25, -0.2) is 9.97 Å². The molecule has 0 radical (unpaired) electrons. The first-order valence-corrected chi connectivity index (χ1v) is 10.1. The van der Waals surface area contributed by atoms with Gasteiger partial charge in [0.15, 0.2) is 5.13 Å². The Hall–Kier alpha value is -1.27. The maximum absolute atomic E-state index is 12.5. The van der Waals surface area contributed by atoms with Gasteiger partial charge in [-0.2, -0.15) is 0 Å². The lowest BCUT2D eigenvalue weighted by atomic mass is 10.2. The molecule has 2 heterocycles. The fourth-order valence-corrected chi connectivity index (χ4v) is 4.88. The van der Waals surface area contributed by atoms with Crippen molar-refractivity contribution in [3.05, 3.63) is 26.1 Å². The molecule has 0 spiro atoms. The first-order chi connectivity index (χ1) is 11.2. The molecule has 0 fully saturated rings. The maximum atomic E-state index is 12.5. The second-order valence-corrected chi connectivity index (χ2v) is 8.20. The van der Waals surface area contributed by atoms with Crippen molar-refractivity contribution in [3.8, 4) is 0 Å². The molecular weight excluding hydrogens is 326 g/mol. The molecule has 0 bridgehead atoms. The second kappa shape index (κ2) is 7.53. The SMILES string of the molecule is CCCCc1nc(C)c(C(=O)Nc2nc3c(s2)CCCCC3)s1. The number of rotatable bonds is 5. The number of carbonyl (C=O) groups excluding carboxylic acids is 1. The Labute approximate surface area is 145 Å². The van der Waals surface area contributed by atoms with Gasteiger partial charge in [0.25, 0.3) is 5.91 Å². The highest BCUT2D eigenvalue weighted by Crippen LogP contribution is 2.30. The number of unbranched alkanes of at least 4 members (excludes halogenated alkanes) is 1. The zero-order valence-electron chi connectivity index (χ0n) is 13.8. The van der Waals surface area contributed by atoms with Gasteiger partial charge in [0.05, 0.1) is 16.4 Å². The van der Waals surface area contributed by atoms with Crippen LogP contribution < -0.4 is 5.32 Å². The summed E-state index contributed by atoms with van der Waals surface area (Å²) in [6, 6.07) is 0. The Morgan fingerprint density at radius 3 is 2.83 bits per heavy atom. The predicted molar refractivity (Wildman–Crippen MR) is 96.8 cm³/mol. The van der Waals surface area contributed by atoms with E-state index in [1.165, 1.54) is 41.2 Å². The standard InChI is InChI=1S/C17H23N3OS2/c1-3-4-10-14-18-11(2)15(23-14)16(21)20-17-19-12-8-6-5-7-9-13(12)22-17/h3-10H2,1-2H3,(H,19,20,21). The number of hydrogen-bond donors (Lipinski definition) is 1. The van der Waals surface area contributed by atoms with Gasteiger partial charge in [0.1, 0.15) is 4.88 Å². The molecule has 4 nitrogen and oxygen atoms in total. The Bertz CT molecular complexity index is 667.